The van der Waals surface area contributed by atoms with Crippen LogP contribution in [-0.4, -0.2) is 36.6 Å². The normalized spacial score (nSPS) is 27.4. The average molecular weight is 225 g/mol. The fourth-order valence-corrected chi connectivity index (χ4v) is 3.30. The molecule has 0 spiro atoms. The minimum Gasteiger partial charge on any atom is -0.305 e. The van der Waals surface area contributed by atoms with Crippen molar-refractivity contribution >= 4 is 11.3 Å². The number of likely N-dealkylation sites (N-methyl/N-ethyl adjacent to an activating group) is 2. The van der Waals surface area contributed by atoms with E-state index >= 15 is 0 Å². The van der Waals surface area contributed by atoms with E-state index in [4.69, 9.17) is 0 Å². The molecule has 1 aromatic rings. The van der Waals surface area contributed by atoms with Gasteiger partial charge >= 0.3 is 0 Å². The van der Waals surface area contributed by atoms with Gasteiger partial charge in [0.1, 0.15) is 5.01 Å². The molecular formula is C11H19N3S. The van der Waals surface area contributed by atoms with Crippen molar-refractivity contribution in [3.8, 4) is 0 Å². The SMILES string of the molecule is CCNC1(c2nc(C)cs2)CCN(C)C1. The lowest BCUT2D eigenvalue weighted by molar-refractivity contribution is 0.320. The summed E-state index contributed by atoms with van der Waals surface area (Å²) in [5.41, 5.74) is 1.25. The van der Waals surface area contributed by atoms with E-state index in [1.165, 1.54) is 11.4 Å². The summed E-state index contributed by atoms with van der Waals surface area (Å²) in [6.45, 7) is 7.48. The van der Waals surface area contributed by atoms with E-state index in [1.807, 2.05) is 0 Å². The van der Waals surface area contributed by atoms with Gasteiger partial charge in [-0.05, 0) is 26.9 Å². The van der Waals surface area contributed by atoms with Gasteiger partial charge in [0.2, 0.25) is 0 Å². The molecule has 1 aliphatic heterocycles. The molecule has 84 valence electrons. The Balaban J connectivity index is 2.26. The first-order valence-corrected chi connectivity index (χ1v) is 6.40. The van der Waals surface area contributed by atoms with Gasteiger partial charge in [-0.15, -0.1) is 11.3 Å². The van der Waals surface area contributed by atoms with Gasteiger partial charge < -0.3 is 10.2 Å². The molecule has 0 radical (unpaired) electrons. The summed E-state index contributed by atoms with van der Waals surface area (Å²) in [5, 5.41) is 7.03. The highest BCUT2D eigenvalue weighted by molar-refractivity contribution is 7.09. The molecule has 2 rings (SSSR count). The molecule has 1 aromatic heterocycles. The lowest BCUT2D eigenvalue weighted by Gasteiger charge is -2.27. The number of thiazole rings is 1. The highest BCUT2D eigenvalue weighted by Gasteiger charge is 2.39. The van der Waals surface area contributed by atoms with Crippen molar-refractivity contribution in [1.82, 2.24) is 15.2 Å². The van der Waals surface area contributed by atoms with Crippen LogP contribution in [0.1, 0.15) is 24.0 Å². The van der Waals surface area contributed by atoms with Gasteiger partial charge in [-0.25, -0.2) is 4.98 Å². The number of hydrogen-bond acceptors (Lipinski definition) is 4. The first-order valence-electron chi connectivity index (χ1n) is 5.52. The van der Waals surface area contributed by atoms with E-state index in [9.17, 15) is 0 Å². The summed E-state index contributed by atoms with van der Waals surface area (Å²) >= 11 is 1.79. The van der Waals surface area contributed by atoms with Gasteiger partial charge in [-0.2, -0.15) is 0 Å². The third kappa shape index (κ3) is 2.07. The minimum absolute atomic E-state index is 0.114. The zero-order chi connectivity index (χ0) is 10.9. The predicted octanol–water partition coefficient (Wildman–Crippen LogP) is 1.59. The maximum absolute atomic E-state index is 4.65. The van der Waals surface area contributed by atoms with E-state index in [-0.39, 0.29) is 5.54 Å². The van der Waals surface area contributed by atoms with Gasteiger partial charge in [0.25, 0.3) is 0 Å². The van der Waals surface area contributed by atoms with Crippen LogP contribution in [0.2, 0.25) is 0 Å². The van der Waals surface area contributed by atoms with Crippen LogP contribution in [0.3, 0.4) is 0 Å². The second-order valence-corrected chi connectivity index (χ2v) is 5.25. The largest absolute Gasteiger partial charge is 0.305 e. The molecule has 0 saturated carbocycles. The number of aromatic nitrogens is 1. The summed E-state index contributed by atoms with van der Waals surface area (Å²) in [4.78, 5) is 7.02. The second-order valence-electron chi connectivity index (χ2n) is 4.39. The van der Waals surface area contributed by atoms with E-state index in [0.717, 1.165) is 25.3 Å². The van der Waals surface area contributed by atoms with Crippen LogP contribution < -0.4 is 5.32 Å². The molecule has 15 heavy (non-hydrogen) atoms. The monoisotopic (exact) mass is 225 g/mol. The highest BCUT2D eigenvalue weighted by atomic mass is 32.1. The Labute approximate surface area is 95.5 Å². The average Bonchev–Trinajstić information content (AvgIpc) is 2.75. The van der Waals surface area contributed by atoms with E-state index in [1.54, 1.807) is 11.3 Å². The maximum atomic E-state index is 4.65. The van der Waals surface area contributed by atoms with Gasteiger partial charge in [-0.1, -0.05) is 6.92 Å². The summed E-state index contributed by atoms with van der Waals surface area (Å²) in [6, 6.07) is 0. The van der Waals surface area contributed by atoms with Crippen molar-refractivity contribution < 1.29 is 0 Å². The number of nitrogens with one attached hydrogen (secondary N) is 1. The van der Waals surface area contributed by atoms with Crippen LogP contribution in [0.4, 0.5) is 0 Å². The molecular weight excluding hydrogens is 206 g/mol. The Bertz CT molecular complexity index is 332. The fraction of sp³-hybridized carbons (Fsp3) is 0.727. The quantitative estimate of drug-likeness (QED) is 0.847. The van der Waals surface area contributed by atoms with Crippen molar-refractivity contribution in [3.05, 3.63) is 16.1 Å². The number of nitrogens with zero attached hydrogens (tertiary/aromatic N) is 2. The molecule has 1 N–H and O–H groups in total. The van der Waals surface area contributed by atoms with Crippen molar-refractivity contribution in [2.45, 2.75) is 25.8 Å². The molecule has 1 fully saturated rings. The fourth-order valence-electron chi connectivity index (χ4n) is 2.31. The molecule has 0 amide bonds. The first kappa shape index (κ1) is 11.0. The molecule has 0 aliphatic carbocycles. The van der Waals surface area contributed by atoms with E-state index in [2.05, 4.69) is 41.5 Å². The third-order valence-electron chi connectivity index (χ3n) is 3.00. The van der Waals surface area contributed by atoms with E-state index in [0.29, 0.717) is 0 Å². The summed E-state index contributed by atoms with van der Waals surface area (Å²) in [7, 11) is 2.18. The molecule has 3 nitrogen and oxygen atoms in total. The van der Waals surface area contributed by atoms with Crippen LogP contribution in [0, 0.1) is 6.92 Å². The smallest absolute Gasteiger partial charge is 0.114 e. The predicted molar refractivity (Wildman–Crippen MR) is 64.3 cm³/mol. The Kier molecular flexibility index (Phi) is 3.09. The van der Waals surface area contributed by atoms with Gasteiger partial charge in [0.15, 0.2) is 0 Å². The van der Waals surface area contributed by atoms with Crippen molar-refractivity contribution in [2.75, 3.05) is 26.7 Å². The van der Waals surface area contributed by atoms with Crippen LogP contribution >= 0.6 is 11.3 Å². The number of aryl methyl sites for hydroxylation is 1. The molecule has 4 heteroatoms. The summed E-state index contributed by atoms with van der Waals surface area (Å²) in [6.07, 6.45) is 1.17. The van der Waals surface area contributed by atoms with Crippen LogP contribution in [0.25, 0.3) is 0 Å². The maximum Gasteiger partial charge on any atom is 0.114 e. The van der Waals surface area contributed by atoms with E-state index < -0.39 is 0 Å². The van der Waals surface area contributed by atoms with Crippen LogP contribution in [0.5, 0.6) is 0 Å². The third-order valence-corrected chi connectivity index (χ3v) is 4.17. The van der Waals surface area contributed by atoms with Crippen LogP contribution in [-0.2, 0) is 5.54 Å². The molecule has 0 aromatic carbocycles. The van der Waals surface area contributed by atoms with Crippen LogP contribution in [0.15, 0.2) is 5.38 Å². The summed E-state index contributed by atoms with van der Waals surface area (Å²) in [5.74, 6) is 0. The Morgan fingerprint density at radius 3 is 2.93 bits per heavy atom. The molecule has 2 heterocycles. The topological polar surface area (TPSA) is 28.2 Å². The zero-order valence-electron chi connectivity index (χ0n) is 9.71. The Morgan fingerprint density at radius 2 is 2.47 bits per heavy atom. The Hall–Kier alpha value is -0.450. The van der Waals surface area contributed by atoms with Gasteiger partial charge in [0.05, 0.1) is 5.54 Å². The minimum atomic E-state index is 0.114. The summed E-state index contributed by atoms with van der Waals surface area (Å²) < 4.78 is 0. The van der Waals surface area contributed by atoms with Crippen molar-refractivity contribution in [3.63, 3.8) is 0 Å². The molecule has 1 saturated heterocycles. The first-order chi connectivity index (χ1) is 7.16. The molecule has 1 unspecified atom stereocenters. The standard InChI is InChI=1S/C11H19N3S/c1-4-12-11(5-6-14(3)8-11)10-13-9(2)7-15-10/h7,12H,4-6,8H2,1-3H3. The molecule has 1 aliphatic rings. The molecule has 1 atom stereocenters. The van der Waals surface area contributed by atoms with Crippen molar-refractivity contribution in [2.24, 2.45) is 0 Å². The second kappa shape index (κ2) is 4.20. The molecule has 0 bridgehead atoms. The highest BCUT2D eigenvalue weighted by Crippen LogP contribution is 2.33. The Morgan fingerprint density at radius 1 is 1.67 bits per heavy atom. The lowest BCUT2D eigenvalue weighted by Crippen LogP contribution is -2.44. The lowest BCUT2D eigenvalue weighted by atomic mass is 9.99. The zero-order valence-corrected chi connectivity index (χ0v) is 10.5. The number of rotatable bonds is 3. The van der Waals surface area contributed by atoms with Gasteiger partial charge in [0, 0.05) is 24.2 Å². The van der Waals surface area contributed by atoms with Gasteiger partial charge in [-0.3, -0.25) is 0 Å². The number of hydrogen-bond donors (Lipinski definition) is 1. The van der Waals surface area contributed by atoms with Crippen molar-refractivity contribution in [1.29, 1.82) is 0 Å². The number of likely N-dealkylation sites (tertiary alicyclic amines) is 1.